The molecule has 1 amide bonds. The van der Waals surface area contributed by atoms with E-state index in [-0.39, 0.29) is 5.91 Å². The van der Waals surface area contributed by atoms with E-state index in [9.17, 15) is 9.18 Å². The molecular weight excluding hydrogens is 253 g/mol. The van der Waals surface area contributed by atoms with Crippen molar-refractivity contribution in [3.63, 3.8) is 0 Å². The molecule has 1 N–H and O–H groups in total. The third-order valence-corrected chi connectivity index (χ3v) is 3.21. The molecule has 0 bridgehead atoms. The minimum Gasteiger partial charge on any atom is -0.345 e. The van der Waals surface area contributed by atoms with Crippen molar-refractivity contribution in [1.29, 1.82) is 0 Å². The van der Waals surface area contributed by atoms with Crippen LogP contribution in [0, 0.1) is 6.92 Å². The molecule has 0 saturated carbocycles. The molecule has 18 heavy (non-hydrogen) atoms. The van der Waals surface area contributed by atoms with Crippen LogP contribution in [0.1, 0.15) is 26.8 Å². The molecule has 0 aliphatic carbocycles. The number of amides is 1. The largest absolute Gasteiger partial charge is 0.345 e. The molecular formula is C12H12FN3OS. The van der Waals surface area contributed by atoms with Gasteiger partial charge < -0.3 is 5.32 Å². The number of carbonyl (C=O) groups is 1. The molecule has 0 aliphatic heterocycles. The zero-order valence-corrected chi connectivity index (χ0v) is 10.6. The Morgan fingerprint density at radius 1 is 1.50 bits per heavy atom. The van der Waals surface area contributed by atoms with Crippen molar-refractivity contribution in [2.75, 3.05) is 0 Å². The summed E-state index contributed by atoms with van der Waals surface area (Å²) < 4.78 is 12.3. The van der Waals surface area contributed by atoms with Crippen molar-refractivity contribution in [2.45, 2.75) is 20.1 Å². The zero-order chi connectivity index (χ0) is 13.0. The fourth-order valence-electron chi connectivity index (χ4n) is 1.35. The van der Waals surface area contributed by atoms with Gasteiger partial charge in [0, 0.05) is 17.3 Å². The van der Waals surface area contributed by atoms with Crippen molar-refractivity contribution >= 4 is 17.2 Å². The molecule has 2 aromatic heterocycles. The van der Waals surface area contributed by atoms with Gasteiger partial charge in [-0.1, -0.05) is 0 Å². The minimum absolute atomic E-state index is 0.209. The molecule has 0 radical (unpaired) electrons. The van der Waals surface area contributed by atoms with Gasteiger partial charge in [0.25, 0.3) is 5.91 Å². The number of carbonyl (C=O) groups excluding carboxylic acids is 1. The number of nitrogens with one attached hydrogen (secondary N) is 1. The fourth-order valence-corrected chi connectivity index (χ4v) is 2.06. The van der Waals surface area contributed by atoms with Crippen LogP contribution in [0.25, 0.3) is 0 Å². The molecule has 0 atom stereocenters. The molecule has 2 rings (SSSR count). The topological polar surface area (TPSA) is 54.9 Å². The maximum atomic E-state index is 12.3. The number of nitrogens with zero attached hydrogens (tertiary/aromatic N) is 2. The lowest BCUT2D eigenvalue weighted by molar-refractivity contribution is 0.0950. The van der Waals surface area contributed by atoms with Gasteiger partial charge in [0.1, 0.15) is 11.7 Å². The number of hydrogen-bond donors (Lipinski definition) is 1. The second-order valence-corrected chi connectivity index (χ2v) is 4.68. The smallest absolute Gasteiger partial charge is 0.253 e. The van der Waals surface area contributed by atoms with E-state index in [1.807, 2.05) is 6.92 Å². The van der Waals surface area contributed by atoms with Crippen LogP contribution in [0.2, 0.25) is 0 Å². The third kappa shape index (κ3) is 3.10. The summed E-state index contributed by atoms with van der Waals surface area (Å²) in [5, 5.41) is 5.06. The monoisotopic (exact) mass is 265 g/mol. The van der Waals surface area contributed by atoms with E-state index >= 15 is 0 Å². The summed E-state index contributed by atoms with van der Waals surface area (Å²) >= 11 is 1.33. The molecule has 0 unspecified atom stereocenters. The molecule has 6 heteroatoms. The second kappa shape index (κ2) is 5.68. The minimum atomic E-state index is -0.577. The van der Waals surface area contributed by atoms with E-state index in [2.05, 4.69) is 15.3 Å². The molecule has 2 aromatic rings. The Bertz CT molecular complexity index is 539. The van der Waals surface area contributed by atoms with Crippen LogP contribution in [0.4, 0.5) is 4.39 Å². The van der Waals surface area contributed by atoms with Gasteiger partial charge in [-0.3, -0.25) is 9.78 Å². The quantitative estimate of drug-likeness (QED) is 0.922. The normalized spacial score (nSPS) is 10.3. The first-order chi connectivity index (χ1) is 8.69. The maximum Gasteiger partial charge on any atom is 0.253 e. The number of thiazole rings is 1. The van der Waals surface area contributed by atoms with Crippen molar-refractivity contribution in [1.82, 2.24) is 15.3 Å². The standard InChI is InChI=1S/C12H12FN3OS/c1-8-2-3-9(5-14-8)12(17)15-6-11-16-10(4-13)7-18-11/h2-3,5,7H,4,6H2,1H3,(H,15,17). The van der Waals surface area contributed by atoms with Gasteiger partial charge in [-0.05, 0) is 19.1 Å². The van der Waals surface area contributed by atoms with E-state index in [0.29, 0.717) is 22.8 Å². The lowest BCUT2D eigenvalue weighted by Crippen LogP contribution is -2.22. The van der Waals surface area contributed by atoms with E-state index in [1.165, 1.54) is 17.5 Å². The summed E-state index contributed by atoms with van der Waals surface area (Å²) in [6.45, 7) is 1.58. The van der Waals surface area contributed by atoms with Crippen LogP contribution in [0.15, 0.2) is 23.7 Å². The van der Waals surface area contributed by atoms with E-state index in [4.69, 9.17) is 0 Å². The van der Waals surface area contributed by atoms with Crippen LogP contribution in [0.5, 0.6) is 0 Å². The molecule has 2 heterocycles. The average molecular weight is 265 g/mol. The van der Waals surface area contributed by atoms with Crippen molar-refractivity contribution in [2.24, 2.45) is 0 Å². The lowest BCUT2D eigenvalue weighted by atomic mass is 10.2. The number of rotatable bonds is 4. The van der Waals surface area contributed by atoms with Crippen LogP contribution in [-0.2, 0) is 13.2 Å². The summed E-state index contributed by atoms with van der Waals surface area (Å²) in [7, 11) is 0. The number of pyridine rings is 1. The van der Waals surface area contributed by atoms with E-state index in [1.54, 1.807) is 17.5 Å². The Hall–Kier alpha value is -1.82. The Labute approximate surface area is 108 Å². The predicted octanol–water partition coefficient (Wildman–Crippen LogP) is 2.25. The van der Waals surface area contributed by atoms with Crippen LogP contribution < -0.4 is 5.32 Å². The number of halogens is 1. The molecule has 0 aliphatic rings. The maximum absolute atomic E-state index is 12.3. The van der Waals surface area contributed by atoms with Gasteiger partial charge in [0.2, 0.25) is 0 Å². The first kappa shape index (κ1) is 12.6. The van der Waals surface area contributed by atoms with Gasteiger partial charge in [-0.2, -0.15) is 0 Å². The number of alkyl halides is 1. The highest BCUT2D eigenvalue weighted by Gasteiger charge is 2.07. The molecule has 4 nitrogen and oxygen atoms in total. The molecule has 0 aromatic carbocycles. The van der Waals surface area contributed by atoms with Crippen molar-refractivity contribution in [3.05, 3.63) is 45.7 Å². The predicted molar refractivity (Wildman–Crippen MR) is 67.1 cm³/mol. The molecule has 0 fully saturated rings. The number of aromatic nitrogens is 2. The summed E-state index contributed by atoms with van der Waals surface area (Å²) in [6, 6.07) is 3.49. The second-order valence-electron chi connectivity index (χ2n) is 3.74. The van der Waals surface area contributed by atoms with Crippen molar-refractivity contribution in [3.8, 4) is 0 Å². The Balaban J connectivity index is 1.93. The van der Waals surface area contributed by atoms with Gasteiger partial charge >= 0.3 is 0 Å². The van der Waals surface area contributed by atoms with Gasteiger partial charge in [-0.15, -0.1) is 11.3 Å². The summed E-state index contributed by atoms with van der Waals surface area (Å²) in [4.78, 5) is 19.8. The molecule has 94 valence electrons. The van der Waals surface area contributed by atoms with E-state index in [0.717, 1.165) is 5.69 Å². The molecule has 0 saturated heterocycles. The van der Waals surface area contributed by atoms with Gasteiger partial charge in [0.15, 0.2) is 0 Å². The summed E-state index contributed by atoms with van der Waals surface area (Å²) in [5.41, 5.74) is 1.77. The van der Waals surface area contributed by atoms with Gasteiger partial charge in [0.05, 0.1) is 17.8 Å². The molecule has 0 spiro atoms. The Morgan fingerprint density at radius 2 is 2.33 bits per heavy atom. The average Bonchev–Trinajstić information content (AvgIpc) is 2.85. The van der Waals surface area contributed by atoms with E-state index < -0.39 is 6.67 Å². The van der Waals surface area contributed by atoms with Crippen LogP contribution in [-0.4, -0.2) is 15.9 Å². The highest BCUT2D eigenvalue weighted by Crippen LogP contribution is 2.10. The van der Waals surface area contributed by atoms with Gasteiger partial charge in [-0.25, -0.2) is 9.37 Å². The number of hydrogen-bond acceptors (Lipinski definition) is 4. The summed E-state index contributed by atoms with van der Waals surface area (Å²) in [6.07, 6.45) is 1.53. The lowest BCUT2D eigenvalue weighted by Gasteiger charge is -2.02. The Morgan fingerprint density at radius 3 is 2.94 bits per heavy atom. The summed E-state index contributed by atoms with van der Waals surface area (Å²) in [5.74, 6) is -0.209. The van der Waals surface area contributed by atoms with Crippen LogP contribution >= 0.6 is 11.3 Å². The third-order valence-electron chi connectivity index (χ3n) is 2.31. The SMILES string of the molecule is Cc1ccc(C(=O)NCc2nc(CF)cs2)cn1. The zero-order valence-electron chi connectivity index (χ0n) is 9.81. The van der Waals surface area contributed by atoms with Crippen molar-refractivity contribution < 1.29 is 9.18 Å². The first-order valence-electron chi connectivity index (χ1n) is 5.39. The highest BCUT2D eigenvalue weighted by molar-refractivity contribution is 7.09. The Kier molecular flexibility index (Phi) is 3.99. The van der Waals surface area contributed by atoms with Crippen LogP contribution in [0.3, 0.4) is 0 Å². The first-order valence-corrected chi connectivity index (χ1v) is 6.27. The fraction of sp³-hybridized carbons (Fsp3) is 0.250. The number of aryl methyl sites for hydroxylation is 1. The highest BCUT2D eigenvalue weighted by atomic mass is 32.1.